The van der Waals surface area contributed by atoms with Crippen LogP contribution in [0.3, 0.4) is 0 Å². The molecule has 0 radical (unpaired) electrons. The Morgan fingerprint density at radius 3 is 2.61 bits per heavy atom. The first kappa shape index (κ1) is 20.8. The fraction of sp³-hybridized carbons (Fsp3) is 0.208. The third-order valence-corrected chi connectivity index (χ3v) is 6.53. The maximum Gasteiger partial charge on any atom is 0.295 e. The van der Waals surface area contributed by atoms with Gasteiger partial charge in [-0.15, -0.1) is 11.3 Å². The predicted octanol–water partition coefficient (Wildman–Crippen LogP) is 4.39. The highest BCUT2D eigenvalue weighted by molar-refractivity contribution is 7.10. The number of likely N-dealkylation sites (tertiary alicyclic amines) is 1. The third-order valence-electron chi connectivity index (χ3n) is 5.45. The minimum absolute atomic E-state index is 0.104. The number of nitrogens with zero attached hydrogens (tertiary/aromatic N) is 2. The van der Waals surface area contributed by atoms with E-state index in [0.717, 1.165) is 21.6 Å². The quantitative estimate of drug-likeness (QED) is 0.366. The van der Waals surface area contributed by atoms with Crippen molar-refractivity contribution < 1.29 is 19.4 Å². The molecule has 0 bridgehead atoms. The Kier molecular flexibility index (Phi) is 5.61. The number of aryl methyl sites for hydroxylation is 2. The van der Waals surface area contributed by atoms with Crippen LogP contribution in [0.4, 0.5) is 0 Å². The van der Waals surface area contributed by atoms with Gasteiger partial charge in [0.25, 0.3) is 11.7 Å². The Balaban J connectivity index is 1.87. The average Bonchev–Trinajstić information content (AvgIpc) is 3.29. The summed E-state index contributed by atoms with van der Waals surface area (Å²) in [6, 6.07) is 10.1. The number of rotatable bonds is 5. The maximum absolute atomic E-state index is 13.1. The Morgan fingerprint density at radius 2 is 2.00 bits per heavy atom. The van der Waals surface area contributed by atoms with Gasteiger partial charge in [-0.05, 0) is 66.2 Å². The number of aromatic nitrogens is 1. The van der Waals surface area contributed by atoms with Gasteiger partial charge >= 0.3 is 0 Å². The van der Waals surface area contributed by atoms with Crippen LogP contribution < -0.4 is 4.74 Å². The van der Waals surface area contributed by atoms with Crippen molar-refractivity contribution in [2.45, 2.75) is 26.4 Å². The van der Waals surface area contributed by atoms with Gasteiger partial charge in [-0.25, -0.2) is 0 Å². The zero-order chi connectivity index (χ0) is 22.1. The second-order valence-electron chi connectivity index (χ2n) is 7.44. The summed E-state index contributed by atoms with van der Waals surface area (Å²) in [5.74, 6) is -0.842. The van der Waals surface area contributed by atoms with Gasteiger partial charge in [-0.1, -0.05) is 6.07 Å². The standard InChI is InChI=1S/C24H22N2O4S/c1-14-8-10-31-23(14)20-19(21(27)18-7-6-17(30-3)11-15(18)2)22(28)24(29)26(20)13-16-5-4-9-25-12-16/h4-12,20,27H,13H2,1-3H3/b21-19+. The summed E-state index contributed by atoms with van der Waals surface area (Å²) < 4.78 is 5.24. The number of carbonyl (C=O) groups is 2. The number of ether oxygens (including phenoxy) is 1. The summed E-state index contributed by atoms with van der Waals surface area (Å²) in [5, 5.41) is 13.2. The molecule has 1 amide bonds. The van der Waals surface area contributed by atoms with E-state index in [9.17, 15) is 14.7 Å². The number of aliphatic hydroxyl groups is 1. The normalized spacial score (nSPS) is 17.9. The van der Waals surface area contributed by atoms with Gasteiger partial charge in [-0.2, -0.15) is 0 Å². The lowest BCUT2D eigenvalue weighted by Crippen LogP contribution is -2.29. The third kappa shape index (κ3) is 3.72. The SMILES string of the molecule is COc1ccc(/C(O)=C2\C(=O)C(=O)N(Cc3cccnc3)C2c2sccc2C)c(C)c1. The number of thiophene rings is 1. The van der Waals surface area contributed by atoms with Crippen LogP contribution in [0, 0.1) is 13.8 Å². The van der Waals surface area contributed by atoms with Crippen molar-refractivity contribution >= 4 is 28.8 Å². The zero-order valence-corrected chi connectivity index (χ0v) is 18.3. The van der Waals surface area contributed by atoms with Crippen LogP contribution in [0.5, 0.6) is 5.75 Å². The van der Waals surface area contributed by atoms with E-state index in [-0.39, 0.29) is 17.9 Å². The second-order valence-corrected chi connectivity index (χ2v) is 8.38. The van der Waals surface area contributed by atoms with Gasteiger partial charge in [0.15, 0.2) is 0 Å². The molecule has 31 heavy (non-hydrogen) atoms. The molecule has 3 heterocycles. The van der Waals surface area contributed by atoms with Crippen LogP contribution >= 0.6 is 11.3 Å². The number of hydrogen-bond donors (Lipinski definition) is 1. The van der Waals surface area contributed by atoms with Crippen LogP contribution in [0.2, 0.25) is 0 Å². The molecule has 1 fully saturated rings. The molecule has 1 aromatic carbocycles. The van der Waals surface area contributed by atoms with Gasteiger partial charge < -0.3 is 14.7 Å². The van der Waals surface area contributed by atoms with Gasteiger partial charge in [0.05, 0.1) is 12.7 Å². The van der Waals surface area contributed by atoms with Gasteiger partial charge in [-0.3, -0.25) is 14.6 Å². The van der Waals surface area contributed by atoms with E-state index in [1.807, 2.05) is 31.4 Å². The van der Waals surface area contributed by atoms with Gasteiger partial charge in [0.2, 0.25) is 0 Å². The highest BCUT2D eigenvalue weighted by Crippen LogP contribution is 2.43. The molecule has 0 spiro atoms. The smallest absolute Gasteiger partial charge is 0.295 e. The molecule has 2 aromatic heterocycles. The van der Waals surface area contributed by atoms with Crippen molar-refractivity contribution in [3.05, 3.63) is 86.9 Å². The molecule has 1 unspecified atom stereocenters. The fourth-order valence-corrected chi connectivity index (χ4v) is 4.89. The summed E-state index contributed by atoms with van der Waals surface area (Å²) in [5.41, 5.74) is 3.12. The first-order chi connectivity index (χ1) is 14.9. The van der Waals surface area contributed by atoms with E-state index in [1.54, 1.807) is 43.8 Å². The molecule has 1 N–H and O–H groups in total. The summed E-state index contributed by atoms with van der Waals surface area (Å²) >= 11 is 1.46. The lowest BCUT2D eigenvalue weighted by molar-refractivity contribution is -0.140. The van der Waals surface area contributed by atoms with Crippen molar-refractivity contribution in [1.29, 1.82) is 0 Å². The molecule has 1 aliphatic heterocycles. The molecule has 0 saturated carbocycles. The van der Waals surface area contributed by atoms with Crippen molar-refractivity contribution in [2.24, 2.45) is 0 Å². The van der Waals surface area contributed by atoms with Crippen LogP contribution in [0.15, 0.2) is 59.7 Å². The topological polar surface area (TPSA) is 79.7 Å². The van der Waals surface area contributed by atoms with Crippen molar-refractivity contribution in [3.8, 4) is 5.75 Å². The van der Waals surface area contributed by atoms with Crippen molar-refractivity contribution in [2.75, 3.05) is 7.11 Å². The highest BCUT2D eigenvalue weighted by atomic mass is 32.1. The lowest BCUT2D eigenvalue weighted by atomic mass is 9.96. The highest BCUT2D eigenvalue weighted by Gasteiger charge is 2.47. The van der Waals surface area contributed by atoms with Crippen molar-refractivity contribution in [1.82, 2.24) is 9.88 Å². The summed E-state index contributed by atoms with van der Waals surface area (Å²) in [6.45, 7) is 3.99. The van der Waals surface area contributed by atoms with Crippen LogP contribution in [-0.4, -0.2) is 33.8 Å². The summed E-state index contributed by atoms with van der Waals surface area (Å²) in [7, 11) is 1.57. The first-order valence-electron chi connectivity index (χ1n) is 9.78. The average molecular weight is 435 g/mol. The number of aliphatic hydroxyl groups excluding tert-OH is 1. The molecular formula is C24H22N2O4S. The number of amides is 1. The van der Waals surface area contributed by atoms with Crippen molar-refractivity contribution in [3.63, 3.8) is 0 Å². The minimum atomic E-state index is -0.686. The number of Topliss-reactive ketones (excluding diaryl/α,β-unsaturated/α-hetero) is 1. The molecule has 3 aromatic rings. The van der Waals surface area contributed by atoms with Crippen LogP contribution in [-0.2, 0) is 16.1 Å². The maximum atomic E-state index is 13.1. The summed E-state index contributed by atoms with van der Waals surface area (Å²) in [6.07, 6.45) is 3.33. The number of hydrogen-bond acceptors (Lipinski definition) is 6. The lowest BCUT2D eigenvalue weighted by Gasteiger charge is -2.25. The van der Waals surface area contributed by atoms with E-state index < -0.39 is 17.7 Å². The molecule has 1 aliphatic rings. The van der Waals surface area contributed by atoms with Crippen LogP contribution in [0.1, 0.15) is 33.2 Å². The van der Waals surface area contributed by atoms with Crippen LogP contribution in [0.25, 0.3) is 5.76 Å². The Hall–Kier alpha value is -3.45. The van der Waals surface area contributed by atoms with E-state index >= 15 is 0 Å². The monoisotopic (exact) mass is 434 g/mol. The molecule has 4 rings (SSSR count). The number of benzene rings is 1. The molecule has 158 valence electrons. The van der Waals surface area contributed by atoms with Gasteiger partial charge in [0, 0.05) is 29.4 Å². The number of pyridine rings is 1. The van der Waals surface area contributed by atoms with E-state index in [2.05, 4.69) is 4.98 Å². The Labute approximate surface area is 184 Å². The van der Waals surface area contributed by atoms with E-state index in [0.29, 0.717) is 11.3 Å². The largest absolute Gasteiger partial charge is 0.507 e. The molecule has 1 saturated heterocycles. The number of ketones is 1. The van der Waals surface area contributed by atoms with E-state index in [4.69, 9.17) is 4.74 Å². The Morgan fingerprint density at radius 1 is 1.19 bits per heavy atom. The predicted molar refractivity (Wildman–Crippen MR) is 119 cm³/mol. The molecule has 6 nitrogen and oxygen atoms in total. The fourth-order valence-electron chi connectivity index (χ4n) is 3.84. The van der Waals surface area contributed by atoms with Gasteiger partial charge in [0.1, 0.15) is 17.6 Å². The molecule has 7 heteroatoms. The molecule has 1 atom stereocenters. The second kappa shape index (κ2) is 8.35. The number of carbonyl (C=O) groups excluding carboxylic acids is 2. The summed E-state index contributed by atoms with van der Waals surface area (Å²) in [4.78, 5) is 32.7. The number of methoxy groups -OCH3 is 1. The molecule has 0 aliphatic carbocycles. The van der Waals surface area contributed by atoms with E-state index in [1.165, 1.54) is 16.2 Å². The first-order valence-corrected chi connectivity index (χ1v) is 10.7. The zero-order valence-electron chi connectivity index (χ0n) is 17.5. The Bertz CT molecular complexity index is 1180. The molecular weight excluding hydrogens is 412 g/mol. The minimum Gasteiger partial charge on any atom is -0.507 e.